The molecule has 6 atom stereocenters. The largest absolute Gasteiger partial charge is 0.462 e. The molecule has 0 bridgehead atoms. The van der Waals surface area contributed by atoms with Crippen molar-refractivity contribution in [3.8, 4) is 5.75 Å². The summed E-state index contributed by atoms with van der Waals surface area (Å²) in [6.45, 7) is 3.94. The third-order valence-corrected chi connectivity index (χ3v) is 9.09. The highest BCUT2D eigenvalue weighted by Crippen LogP contribution is 2.51. The summed E-state index contributed by atoms with van der Waals surface area (Å²) in [6, 6.07) is 6.94. The Labute approximate surface area is 256 Å². The number of carbonyl (C=O) groups excluding carboxylic acids is 1. The Hall–Kier alpha value is -3.14. The van der Waals surface area contributed by atoms with Gasteiger partial charge in [-0.15, -0.1) is 11.6 Å². The molecule has 5 rings (SSSR count). The van der Waals surface area contributed by atoms with Crippen molar-refractivity contribution in [2.75, 3.05) is 17.7 Å². The number of nitrogen functional groups attached to an aromatic ring is 1. The normalized spacial score (nSPS) is 25.7. The van der Waals surface area contributed by atoms with Gasteiger partial charge in [-0.2, -0.15) is 15.1 Å². The number of halogens is 3. The van der Waals surface area contributed by atoms with Crippen LogP contribution in [0.25, 0.3) is 11.2 Å². The van der Waals surface area contributed by atoms with Crippen LogP contribution in [0.2, 0.25) is 0 Å². The molecule has 1 saturated carbocycles. The molecule has 0 radical (unpaired) electrons. The third kappa shape index (κ3) is 6.75. The number of aliphatic hydroxyl groups is 1. The lowest BCUT2D eigenvalue weighted by molar-refractivity contribution is -0.149. The zero-order chi connectivity index (χ0) is 31.8. The zero-order valence-electron chi connectivity index (χ0n) is 24.0. The number of fused-ring (bicyclic) bond motifs is 1. The summed E-state index contributed by atoms with van der Waals surface area (Å²) in [4.78, 5) is 22.3. The maximum atomic E-state index is 14.6. The number of carbonyl (C=O) groups is 1. The molecule has 0 spiro atoms. The van der Waals surface area contributed by atoms with Crippen molar-refractivity contribution in [3.63, 3.8) is 0 Å². The van der Waals surface area contributed by atoms with Crippen LogP contribution in [0, 0.1) is 0 Å². The van der Waals surface area contributed by atoms with Crippen LogP contribution in [-0.2, 0) is 23.4 Å². The van der Waals surface area contributed by atoms with Gasteiger partial charge in [0.05, 0.1) is 19.0 Å². The number of hydrogen-bond acceptors (Lipinski definition) is 12. The lowest BCUT2D eigenvalue weighted by Crippen LogP contribution is -2.48. The van der Waals surface area contributed by atoms with E-state index in [0.29, 0.717) is 5.82 Å². The molecule has 0 amide bonds. The number of nitrogens with two attached hydrogens (primary N) is 1. The molecule has 0 unspecified atom stereocenters. The minimum absolute atomic E-state index is 0.0438. The van der Waals surface area contributed by atoms with Crippen LogP contribution in [0.15, 0.2) is 36.7 Å². The van der Waals surface area contributed by atoms with Gasteiger partial charge in [0.15, 0.2) is 28.1 Å². The van der Waals surface area contributed by atoms with Gasteiger partial charge in [-0.1, -0.05) is 18.2 Å². The number of nitrogens with one attached hydrogen (secondary N) is 2. The van der Waals surface area contributed by atoms with Crippen LogP contribution in [0.3, 0.4) is 0 Å². The molecule has 240 valence electrons. The average Bonchev–Trinajstić information content (AvgIpc) is 3.61. The fraction of sp³-hybridized carbons (Fsp3) is 0.538. The number of aromatic nitrogens is 4. The van der Waals surface area contributed by atoms with E-state index in [9.17, 15) is 23.2 Å². The van der Waals surface area contributed by atoms with Gasteiger partial charge in [-0.3, -0.25) is 13.9 Å². The summed E-state index contributed by atoms with van der Waals surface area (Å²) in [7, 11) is -4.42. The predicted octanol–water partition coefficient (Wildman–Crippen LogP) is 3.62. The van der Waals surface area contributed by atoms with E-state index in [1.807, 2.05) is 0 Å². The van der Waals surface area contributed by atoms with Gasteiger partial charge >= 0.3 is 13.7 Å². The minimum Gasteiger partial charge on any atom is -0.462 e. The van der Waals surface area contributed by atoms with Crippen LogP contribution in [0.4, 0.5) is 20.5 Å². The van der Waals surface area contributed by atoms with Crippen molar-refractivity contribution < 1.29 is 41.8 Å². The van der Waals surface area contributed by atoms with E-state index in [2.05, 4.69) is 25.4 Å². The molecule has 1 saturated heterocycles. The van der Waals surface area contributed by atoms with Crippen molar-refractivity contribution >= 4 is 48.2 Å². The van der Waals surface area contributed by atoms with Crippen molar-refractivity contribution in [1.29, 1.82) is 0 Å². The first kappa shape index (κ1) is 32.3. The maximum Gasteiger partial charge on any atom is 0.459 e. The second-order valence-corrected chi connectivity index (χ2v) is 13.2. The summed E-state index contributed by atoms with van der Waals surface area (Å²) in [5.74, 6) is -0.442. The van der Waals surface area contributed by atoms with Crippen molar-refractivity contribution in [1.82, 2.24) is 24.6 Å². The number of anilines is 2. The number of ether oxygens (including phenoxy) is 2. The van der Waals surface area contributed by atoms with E-state index < -0.39 is 62.2 Å². The number of para-hydroxylation sites is 1. The summed E-state index contributed by atoms with van der Waals surface area (Å²) >= 11 is 6.44. The standard InChI is InChI=1S/C26H33ClF2N7O7P/c1-13(2)41-22(38)14(3)35-44(39,43-16-7-5-4-6-8-16)40-11-17-19(37)26(27,23(28)29)24(42-17)36-12-31-18-20(32-15-9-10-15)33-25(30)34-21(18)36/h4-8,12-15,17,19,23-24,37H,9-11H2,1-3H3,(H,35,39)(H3,30,32,33,34)/t14-,17-,19-,24-,26+,44-/m1/s1. The summed E-state index contributed by atoms with van der Waals surface area (Å²) in [5.41, 5.74) is 6.18. The molecule has 2 fully saturated rings. The van der Waals surface area contributed by atoms with Crippen LogP contribution in [0.5, 0.6) is 5.75 Å². The Balaban J connectivity index is 1.41. The van der Waals surface area contributed by atoms with Crippen LogP contribution >= 0.6 is 19.3 Å². The van der Waals surface area contributed by atoms with Crippen molar-refractivity contribution in [2.24, 2.45) is 0 Å². The Bertz CT molecular complexity index is 1530. The molecule has 18 heteroatoms. The van der Waals surface area contributed by atoms with Crippen LogP contribution in [0.1, 0.15) is 39.8 Å². The maximum absolute atomic E-state index is 14.6. The van der Waals surface area contributed by atoms with E-state index in [-0.39, 0.29) is 28.9 Å². The molecule has 44 heavy (non-hydrogen) atoms. The van der Waals surface area contributed by atoms with Gasteiger partial charge in [-0.25, -0.2) is 18.3 Å². The number of esters is 1. The number of hydrogen-bond donors (Lipinski definition) is 4. The molecular formula is C26H33ClF2N7O7P. The molecule has 1 aromatic carbocycles. The second kappa shape index (κ2) is 12.7. The highest BCUT2D eigenvalue weighted by atomic mass is 35.5. The summed E-state index contributed by atoms with van der Waals surface area (Å²) in [5, 5.41) is 16.7. The van der Waals surface area contributed by atoms with Gasteiger partial charge in [-0.05, 0) is 45.7 Å². The number of alkyl halides is 3. The van der Waals surface area contributed by atoms with Gasteiger partial charge in [0, 0.05) is 6.04 Å². The second-order valence-electron chi connectivity index (χ2n) is 10.8. The van der Waals surface area contributed by atoms with Gasteiger partial charge in [0.1, 0.15) is 24.0 Å². The van der Waals surface area contributed by atoms with Crippen molar-refractivity contribution in [2.45, 2.75) is 81.5 Å². The monoisotopic (exact) mass is 659 g/mol. The average molecular weight is 660 g/mol. The van der Waals surface area contributed by atoms with E-state index in [1.54, 1.807) is 32.0 Å². The first-order valence-electron chi connectivity index (χ1n) is 13.9. The number of nitrogens with zero attached hydrogens (tertiary/aromatic N) is 4. The molecule has 3 heterocycles. The quantitative estimate of drug-likeness (QED) is 0.119. The zero-order valence-corrected chi connectivity index (χ0v) is 25.6. The van der Waals surface area contributed by atoms with E-state index in [1.165, 1.54) is 25.4 Å². The highest BCUT2D eigenvalue weighted by Gasteiger charge is 2.62. The summed E-state index contributed by atoms with van der Waals surface area (Å²) < 4.78 is 66.3. The van der Waals surface area contributed by atoms with Crippen molar-refractivity contribution in [3.05, 3.63) is 36.7 Å². The highest BCUT2D eigenvalue weighted by molar-refractivity contribution is 7.52. The van der Waals surface area contributed by atoms with Crippen LogP contribution in [-0.4, -0.2) is 78.9 Å². The Morgan fingerprint density at radius 3 is 2.61 bits per heavy atom. The summed E-state index contributed by atoms with van der Waals surface area (Å²) in [6.07, 6.45) is -6.03. The fourth-order valence-corrected chi connectivity index (χ4v) is 6.35. The molecule has 14 nitrogen and oxygen atoms in total. The first-order chi connectivity index (χ1) is 20.8. The first-order valence-corrected chi connectivity index (χ1v) is 15.8. The minimum atomic E-state index is -4.42. The molecule has 3 aromatic rings. The van der Waals surface area contributed by atoms with Gasteiger partial charge < -0.3 is 30.2 Å². The smallest absolute Gasteiger partial charge is 0.459 e. The predicted molar refractivity (Wildman–Crippen MR) is 155 cm³/mol. The topological polar surface area (TPSA) is 185 Å². The molecule has 1 aliphatic heterocycles. The van der Waals surface area contributed by atoms with E-state index >= 15 is 0 Å². The molecule has 1 aliphatic carbocycles. The lowest BCUT2D eigenvalue weighted by Gasteiger charge is -2.29. The van der Waals surface area contributed by atoms with Gasteiger partial charge in [0.2, 0.25) is 5.95 Å². The third-order valence-electron chi connectivity index (χ3n) is 6.87. The fourth-order valence-electron chi connectivity index (χ4n) is 4.55. The number of benzene rings is 1. The number of imidazole rings is 1. The SMILES string of the molecule is CC(C)OC(=O)[C@@H](C)N[P@@](=O)(OC[C@H]1O[C@@H](n2cnc3c(NC4CC4)nc(N)nc32)[C@@](Cl)(C(F)F)[C@@H]1O)Oc1ccccc1. The Morgan fingerprint density at radius 1 is 1.27 bits per heavy atom. The Kier molecular flexibility index (Phi) is 9.31. The molecule has 2 aliphatic rings. The van der Waals surface area contributed by atoms with E-state index in [0.717, 1.165) is 17.4 Å². The van der Waals surface area contributed by atoms with E-state index in [4.69, 9.17) is 35.9 Å². The molecule has 2 aromatic heterocycles. The lowest BCUT2D eigenvalue weighted by atomic mass is 9.99. The van der Waals surface area contributed by atoms with Crippen LogP contribution < -0.4 is 20.7 Å². The molecular weight excluding hydrogens is 627 g/mol. The number of aliphatic hydroxyl groups excluding tert-OH is 1. The Morgan fingerprint density at radius 2 is 1.98 bits per heavy atom. The van der Waals surface area contributed by atoms with Gasteiger partial charge in [0.25, 0.3) is 6.43 Å². The number of rotatable bonds is 13. The molecule has 5 N–H and O–H groups in total.